The van der Waals surface area contributed by atoms with Gasteiger partial charge in [0.05, 0.1) is 12.2 Å². The molecule has 0 saturated carbocycles. The average Bonchev–Trinajstić information content (AvgIpc) is 2.67. The first-order chi connectivity index (χ1) is 8.17. The van der Waals surface area contributed by atoms with Gasteiger partial charge in [-0.1, -0.05) is 15.9 Å². The van der Waals surface area contributed by atoms with Gasteiger partial charge in [-0.25, -0.2) is 4.79 Å². The number of halogens is 1. The van der Waals surface area contributed by atoms with Crippen LogP contribution in [-0.4, -0.2) is 23.8 Å². The molecule has 1 heterocycles. The molecule has 0 saturated heterocycles. The summed E-state index contributed by atoms with van der Waals surface area (Å²) in [5.41, 5.74) is 1.27. The summed E-state index contributed by atoms with van der Waals surface area (Å²) in [6.45, 7) is 1.99. The molecule has 0 aliphatic carbocycles. The number of fused-ring (bicyclic) bond motifs is 1. The van der Waals surface area contributed by atoms with Gasteiger partial charge in [0.2, 0.25) is 0 Å². The summed E-state index contributed by atoms with van der Waals surface area (Å²) >= 11 is 3.33. The lowest BCUT2D eigenvalue weighted by atomic mass is 10.1. The van der Waals surface area contributed by atoms with E-state index >= 15 is 0 Å². The summed E-state index contributed by atoms with van der Waals surface area (Å²) in [4.78, 5) is 25.6. The molecule has 0 aliphatic rings. The van der Waals surface area contributed by atoms with E-state index in [1.807, 2.05) is 6.07 Å². The Morgan fingerprint density at radius 2 is 2.29 bits per heavy atom. The van der Waals surface area contributed by atoms with E-state index < -0.39 is 5.97 Å². The van der Waals surface area contributed by atoms with E-state index in [1.54, 1.807) is 19.1 Å². The van der Waals surface area contributed by atoms with Gasteiger partial charge in [-0.05, 0) is 25.1 Å². The van der Waals surface area contributed by atoms with Gasteiger partial charge >= 0.3 is 5.97 Å². The Kier molecular flexibility index (Phi) is 3.28. The number of rotatable bonds is 3. The molecule has 0 atom stereocenters. The largest absolute Gasteiger partial charge is 0.461 e. The van der Waals surface area contributed by atoms with E-state index in [0.29, 0.717) is 17.2 Å². The zero-order valence-corrected chi connectivity index (χ0v) is 10.7. The number of aldehydes is 1. The Morgan fingerprint density at radius 3 is 2.94 bits per heavy atom. The molecule has 0 fully saturated rings. The van der Waals surface area contributed by atoms with Crippen molar-refractivity contribution in [1.82, 2.24) is 4.98 Å². The van der Waals surface area contributed by atoms with Crippen molar-refractivity contribution in [3.8, 4) is 0 Å². The fraction of sp³-hybridized carbons (Fsp3) is 0.167. The number of esters is 1. The van der Waals surface area contributed by atoms with Crippen molar-refractivity contribution in [1.29, 1.82) is 0 Å². The first kappa shape index (κ1) is 11.9. The number of hydrogen-bond donors (Lipinski definition) is 1. The van der Waals surface area contributed by atoms with Crippen molar-refractivity contribution in [2.45, 2.75) is 6.92 Å². The summed E-state index contributed by atoms with van der Waals surface area (Å²) in [5, 5.41) is 0.706. The lowest BCUT2D eigenvalue weighted by Gasteiger charge is -1.99. The van der Waals surface area contributed by atoms with E-state index in [1.165, 1.54) is 0 Å². The fourth-order valence-electron chi connectivity index (χ4n) is 1.67. The molecule has 17 heavy (non-hydrogen) atoms. The van der Waals surface area contributed by atoms with E-state index in [-0.39, 0.29) is 12.3 Å². The molecule has 0 bridgehead atoms. The van der Waals surface area contributed by atoms with E-state index in [0.717, 1.165) is 9.99 Å². The summed E-state index contributed by atoms with van der Waals surface area (Å²) in [6, 6.07) is 5.43. The van der Waals surface area contributed by atoms with Gasteiger partial charge < -0.3 is 9.72 Å². The van der Waals surface area contributed by atoms with Gasteiger partial charge in [0.15, 0.2) is 6.29 Å². The molecule has 1 N–H and O–H groups in total. The van der Waals surface area contributed by atoms with Crippen LogP contribution in [0.25, 0.3) is 10.9 Å². The van der Waals surface area contributed by atoms with Gasteiger partial charge in [-0.15, -0.1) is 0 Å². The third-order valence-corrected chi connectivity index (χ3v) is 2.89. The molecular weight excluding hydrogens is 286 g/mol. The number of carbonyl (C=O) groups is 2. The summed E-state index contributed by atoms with van der Waals surface area (Å²) in [6.07, 6.45) is 0.664. The summed E-state index contributed by atoms with van der Waals surface area (Å²) in [5.74, 6) is -0.512. The Bertz CT molecular complexity index is 589. The average molecular weight is 296 g/mol. The molecule has 0 aliphatic heterocycles. The lowest BCUT2D eigenvalue weighted by molar-refractivity contribution is 0.0518. The number of hydrogen-bond acceptors (Lipinski definition) is 3. The van der Waals surface area contributed by atoms with Crippen molar-refractivity contribution in [3.63, 3.8) is 0 Å². The SMILES string of the molecule is CCOC(=O)c1[nH]c2ccc(Br)cc2c1C=O. The zero-order chi connectivity index (χ0) is 12.4. The third kappa shape index (κ3) is 2.10. The highest BCUT2D eigenvalue weighted by molar-refractivity contribution is 9.10. The maximum Gasteiger partial charge on any atom is 0.355 e. The van der Waals surface area contributed by atoms with Crippen molar-refractivity contribution >= 4 is 39.1 Å². The maximum absolute atomic E-state index is 11.7. The van der Waals surface area contributed by atoms with Crippen LogP contribution >= 0.6 is 15.9 Å². The predicted molar refractivity (Wildman–Crippen MR) is 67.3 cm³/mol. The van der Waals surface area contributed by atoms with Crippen molar-refractivity contribution < 1.29 is 14.3 Å². The standard InChI is InChI=1S/C12H10BrNO3/c1-2-17-12(16)11-9(6-15)8-5-7(13)3-4-10(8)14-11/h3-6,14H,2H2,1H3. The minimum absolute atomic E-state index is 0.204. The molecule has 5 heteroatoms. The molecule has 0 radical (unpaired) electrons. The molecule has 2 aromatic rings. The molecule has 1 aromatic carbocycles. The van der Waals surface area contributed by atoms with Crippen LogP contribution in [0.2, 0.25) is 0 Å². The van der Waals surface area contributed by atoms with Crippen molar-refractivity contribution in [3.05, 3.63) is 33.9 Å². The summed E-state index contributed by atoms with van der Waals surface area (Å²) in [7, 11) is 0. The van der Waals surface area contributed by atoms with E-state index in [2.05, 4.69) is 20.9 Å². The molecule has 2 rings (SSSR count). The van der Waals surface area contributed by atoms with Crippen LogP contribution in [0.4, 0.5) is 0 Å². The molecule has 88 valence electrons. The second-order valence-corrected chi connectivity index (χ2v) is 4.36. The fourth-order valence-corrected chi connectivity index (χ4v) is 2.03. The number of aromatic amines is 1. The zero-order valence-electron chi connectivity index (χ0n) is 9.12. The second-order valence-electron chi connectivity index (χ2n) is 3.44. The molecule has 4 nitrogen and oxygen atoms in total. The molecular formula is C12H10BrNO3. The Hall–Kier alpha value is -1.62. The molecule has 1 aromatic heterocycles. The highest BCUT2D eigenvalue weighted by Crippen LogP contribution is 2.25. The summed E-state index contributed by atoms with van der Waals surface area (Å²) < 4.78 is 5.74. The first-order valence-electron chi connectivity index (χ1n) is 5.11. The van der Waals surface area contributed by atoms with Gasteiger partial charge in [0.25, 0.3) is 0 Å². The highest BCUT2D eigenvalue weighted by Gasteiger charge is 2.18. The number of H-pyrrole nitrogens is 1. The third-order valence-electron chi connectivity index (χ3n) is 2.40. The van der Waals surface area contributed by atoms with Gasteiger partial charge in [-0.3, -0.25) is 4.79 Å². The number of benzene rings is 1. The first-order valence-corrected chi connectivity index (χ1v) is 5.90. The number of aromatic nitrogens is 1. The predicted octanol–water partition coefficient (Wildman–Crippen LogP) is 2.92. The van der Waals surface area contributed by atoms with Crippen LogP contribution in [0, 0.1) is 0 Å². The number of ether oxygens (including phenoxy) is 1. The lowest BCUT2D eigenvalue weighted by Crippen LogP contribution is -2.07. The van der Waals surface area contributed by atoms with Crippen LogP contribution < -0.4 is 0 Å². The highest BCUT2D eigenvalue weighted by atomic mass is 79.9. The Morgan fingerprint density at radius 1 is 1.53 bits per heavy atom. The molecule has 0 spiro atoms. The van der Waals surface area contributed by atoms with Crippen molar-refractivity contribution in [2.24, 2.45) is 0 Å². The van der Waals surface area contributed by atoms with Crippen LogP contribution in [-0.2, 0) is 4.74 Å². The monoisotopic (exact) mass is 295 g/mol. The Labute approximate surface area is 106 Å². The van der Waals surface area contributed by atoms with Crippen LogP contribution in [0.3, 0.4) is 0 Å². The number of nitrogens with one attached hydrogen (secondary N) is 1. The van der Waals surface area contributed by atoms with Crippen LogP contribution in [0.5, 0.6) is 0 Å². The molecule has 0 unspecified atom stereocenters. The van der Waals surface area contributed by atoms with Crippen molar-refractivity contribution in [2.75, 3.05) is 6.61 Å². The minimum atomic E-state index is -0.512. The maximum atomic E-state index is 11.7. The smallest absolute Gasteiger partial charge is 0.355 e. The number of carbonyl (C=O) groups excluding carboxylic acids is 2. The van der Waals surface area contributed by atoms with E-state index in [9.17, 15) is 9.59 Å². The van der Waals surface area contributed by atoms with Gasteiger partial charge in [-0.2, -0.15) is 0 Å². The van der Waals surface area contributed by atoms with Crippen LogP contribution in [0.1, 0.15) is 27.8 Å². The molecule has 0 amide bonds. The van der Waals surface area contributed by atoms with Crippen LogP contribution in [0.15, 0.2) is 22.7 Å². The van der Waals surface area contributed by atoms with Gasteiger partial charge in [0, 0.05) is 15.4 Å². The second kappa shape index (κ2) is 4.71. The Balaban J connectivity index is 2.64. The quantitative estimate of drug-likeness (QED) is 0.700. The van der Waals surface area contributed by atoms with Gasteiger partial charge in [0.1, 0.15) is 5.69 Å². The minimum Gasteiger partial charge on any atom is -0.461 e. The van der Waals surface area contributed by atoms with E-state index in [4.69, 9.17) is 4.74 Å². The normalized spacial score (nSPS) is 10.5. The topological polar surface area (TPSA) is 59.2 Å².